The van der Waals surface area contributed by atoms with E-state index in [9.17, 15) is 26.3 Å². The standard InChI is InChI=1S/C33H23F6Si/c1-3-17(2)26-15-18-11-12-23-25-9-6-8-24-22-7-4-5-10-27(22)40(30(24)25)31(26)29(18)28(23)19-13-20(32(34,35)36)16-21(14-19)33(37,38)39/h4-17,31H,3H2,1-2H3. The number of halogens is 6. The lowest BCUT2D eigenvalue weighted by Crippen LogP contribution is -2.45. The Kier molecular flexibility index (Phi) is 5.37. The lowest BCUT2D eigenvalue weighted by Gasteiger charge is -2.27. The van der Waals surface area contributed by atoms with Gasteiger partial charge in [-0.2, -0.15) is 26.3 Å². The lowest BCUT2D eigenvalue weighted by molar-refractivity contribution is -0.143. The van der Waals surface area contributed by atoms with Crippen molar-refractivity contribution in [2.24, 2.45) is 5.92 Å². The Morgan fingerprint density at radius 1 is 0.750 bits per heavy atom. The third-order valence-electron chi connectivity index (χ3n) is 8.70. The topological polar surface area (TPSA) is 0 Å². The summed E-state index contributed by atoms with van der Waals surface area (Å²) >= 11 is 0. The fourth-order valence-corrected chi connectivity index (χ4v) is 10.8. The summed E-state index contributed by atoms with van der Waals surface area (Å²) in [4.78, 5) is 0. The molecule has 0 saturated heterocycles. The summed E-state index contributed by atoms with van der Waals surface area (Å²) < 4.78 is 83.8. The van der Waals surface area contributed by atoms with Gasteiger partial charge in [0.1, 0.15) is 8.80 Å². The van der Waals surface area contributed by atoms with Crippen molar-refractivity contribution in [1.29, 1.82) is 0 Å². The molecule has 2 aliphatic heterocycles. The number of hydrogen-bond donors (Lipinski definition) is 0. The molecule has 1 radical (unpaired) electrons. The first-order valence-corrected chi connectivity index (χ1v) is 14.9. The van der Waals surface area contributed by atoms with E-state index in [1.807, 2.05) is 36.4 Å². The van der Waals surface area contributed by atoms with Gasteiger partial charge in [-0.3, -0.25) is 0 Å². The highest BCUT2D eigenvalue weighted by molar-refractivity contribution is 6.92. The SMILES string of the molecule is CCC(C)C1=Cc2ccc3c(-c4cc(C(F)(F)F)cc(C(F)(F)F)c4)c2C1[Si]1c2ccccc2-c2cccc-3c21. The zero-order valence-corrected chi connectivity index (χ0v) is 22.6. The molecule has 201 valence electrons. The van der Waals surface area contributed by atoms with Gasteiger partial charge in [0.2, 0.25) is 0 Å². The van der Waals surface area contributed by atoms with Crippen LogP contribution in [-0.2, 0) is 12.4 Å². The molecule has 4 aromatic rings. The Morgan fingerprint density at radius 3 is 2.02 bits per heavy atom. The summed E-state index contributed by atoms with van der Waals surface area (Å²) in [5, 5.41) is 2.45. The van der Waals surface area contributed by atoms with E-state index in [0.29, 0.717) is 11.1 Å². The summed E-state index contributed by atoms with van der Waals surface area (Å²) in [7, 11) is -1.52. The van der Waals surface area contributed by atoms with Crippen molar-refractivity contribution in [3.05, 3.63) is 101 Å². The van der Waals surface area contributed by atoms with Gasteiger partial charge in [0.05, 0.1) is 11.1 Å². The van der Waals surface area contributed by atoms with Crippen molar-refractivity contribution in [3.63, 3.8) is 0 Å². The van der Waals surface area contributed by atoms with Crippen LogP contribution in [0.5, 0.6) is 0 Å². The molecule has 2 atom stereocenters. The molecule has 0 aromatic heterocycles. The van der Waals surface area contributed by atoms with E-state index < -0.39 is 32.3 Å². The van der Waals surface area contributed by atoms with Crippen molar-refractivity contribution in [3.8, 4) is 33.4 Å². The Labute approximate surface area is 229 Å². The zero-order chi connectivity index (χ0) is 28.1. The zero-order valence-electron chi connectivity index (χ0n) is 21.6. The van der Waals surface area contributed by atoms with E-state index in [2.05, 4.69) is 38.1 Å². The van der Waals surface area contributed by atoms with Gasteiger partial charge >= 0.3 is 12.4 Å². The van der Waals surface area contributed by atoms with Gasteiger partial charge in [-0.25, -0.2) is 0 Å². The minimum absolute atomic E-state index is 0.0359. The predicted molar refractivity (Wildman–Crippen MR) is 148 cm³/mol. The van der Waals surface area contributed by atoms with Crippen LogP contribution in [0.2, 0.25) is 0 Å². The highest BCUT2D eigenvalue weighted by Crippen LogP contribution is 2.54. The quantitative estimate of drug-likeness (QED) is 0.173. The number of rotatable bonds is 3. The second-order valence-electron chi connectivity index (χ2n) is 10.9. The maximum absolute atomic E-state index is 14.0. The third kappa shape index (κ3) is 3.53. The minimum Gasteiger partial charge on any atom is -0.166 e. The fourth-order valence-electron chi connectivity index (χ4n) is 6.79. The molecule has 2 heterocycles. The van der Waals surface area contributed by atoms with Crippen LogP contribution in [0.25, 0.3) is 39.5 Å². The van der Waals surface area contributed by atoms with Gasteiger partial charge in [0.25, 0.3) is 0 Å². The third-order valence-corrected chi connectivity index (χ3v) is 12.0. The average molecular weight is 562 g/mol. The molecule has 3 aliphatic rings. The van der Waals surface area contributed by atoms with Crippen molar-refractivity contribution >= 4 is 25.2 Å². The van der Waals surface area contributed by atoms with Crippen LogP contribution in [0.1, 0.15) is 48.1 Å². The molecule has 4 aromatic carbocycles. The first-order chi connectivity index (χ1) is 19.0. The molecule has 0 saturated carbocycles. The van der Waals surface area contributed by atoms with Crippen LogP contribution >= 0.6 is 0 Å². The van der Waals surface area contributed by atoms with Crippen molar-refractivity contribution < 1.29 is 26.3 Å². The molecule has 0 fully saturated rings. The summed E-state index contributed by atoms with van der Waals surface area (Å²) in [5.41, 5.74) is 4.65. The van der Waals surface area contributed by atoms with E-state index in [0.717, 1.165) is 40.8 Å². The second-order valence-corrected chi connectivity index (χ2v) is 13.3. The molecule has 2 bridgehead atoms. The highest BCUT2D eigenvalue weighted by Gasteiger charge is 2.47. The summed E-state index contributed by atoms with van der Waals surface area (Å²) in [5.74, 6) is 0.208. The summed E-state index contributed by atoms with van der Waals surface area (Å²) in [6.45, 7) is 4.27. The molecule has 0 spiro atoms. The molecule has 40 heavy (non-hydrogen) atoms. The Morgan fingerprint density at radius 2 is 1.38 bits per heavy atom. The minimum atomic E-state index is -4.92. The van der Waals surface area contributed by atoms with E-state index in [4.69, 9.17) is 0 Å². The monoisotopic (exact) mass is 561 g/mol. The van der Waals surface area contributed by atoms with Gasteiger partial charge in [-0.05, 0) is 85.4 Å². The molecule has 7 heteroatoms. The first kappa shape index (κ1) is 25.4. The highest BCUT2D eigenvalue weighted by atomic mass is 28.3. The number of benzene rings is 4. The first-order valence-electron chi connectivity index (χ1n) is 13.3. The Balaban J connectivity index is 1.61. The average Bonchev–Trinajstić information content (AvgIpc) is 3.44. The van der Waals surface area contributed by atoms with Crippen LogP contribution in [0.4, 0.5) is 26.3 Å². The van der Waals surface area contributed by atoms with Crippen LogP contribution in [0.15, 0.2) is 78.4 Å². The van der Waals surface area contributed by atoms with Crippen molar-refractivity contribution in [2.75, 3.05) is 0 Å². The molecule has 2 unspecified atom stereocenters. The second kappa shape index (κ2) is 8.46. The number of fused-ring (bicyclic) bond motifs is 6. The maximum atomic E-state index is 14.0. The predicted octanol–water partition coefficient (Wildman–Crippen LogP) is 8.73. The number of allylic oxidation sites excluding steroid dienone is 1. The molecule has 0 N–H and O–H groups in total. The van der Waals surface area contributed by atoms with Gasteiger partial charge in [-0.1, -0.05) is 80.1 Å². The Bertz CT molecular complexity index is 1710. The van der Waals surface area contributed by atoms with Crippen LogP contribution < -0.4 is 10.4 Å². The lowest BCUT2D eigenvalue weighted by atomic mass is 9.85. The molecule has 0 amide bonds. The van der Waals surface area contributed by atoms with Crippen molar-refractivity contribution in [2.45, 2.75) is 38.2 Å². The van der Waals surface area contributed by atoms with Crippen LogP contribution in [0.3, 0.4) is 0 Å². The molecule has 1 aliphatic carbocycles. The normalized spacial score (nSPS) is 17.8. The summed E-state index contributed by atoms with van der Waals surface area (Å²) in [6.07, 6.45) is -6.81. The van der Waals surface area contributed by atoms with E-state index in [-0.39, 0.29) is 23.1 Å². The van der Waals surface area contributed by atoms with E-state index >= 15 is 0 Å². The van der Waals surface area contributed by atoms with Gasteiger partial charge in [0.15, 0.2) is 0 Å². The smallest absolute Gasteiger partial charge is 0.166 e. The van der Waals surface area contributed by atoms with Gasteiger partial charge in [0, 0.05) is 5.54 Å². The van der Waals surface area contributed by atoms with Crippen LogP contribution in [0, 0.1) is 5.92 Å². The van der Waals surface area contributed by atoms with Gasteiger partial charge in [-0.15, -0.1) is 0 Å². The Hall–Kier alpha value is -3.58. The summed E-state index contributed by atoms with van der Waals surface area (Å²) in [6, 6.07) is 20.2. The molecule has 7 rings (SSSR count). The number of alkyl halides is 6. The molecular weight excluding hydrogens is 538 g/mol. The number of hydrogen-bond acceptors (Lipinski definition) is 0. The van der Waals surface area contributed by atoms with E-state index in [1.54, 1.807) is 0 Å². The fraction of sp³-hybridized carbons (Fsp3) is 0.212. The van der Waals surface area contributed by atoms with Crippen LogP contribution in [-0.4, -0.2) is 8.80 Å². The van der Waals surface area contributed by atoms with E-state index in [1.165, 1.54) is 21.5 Å². The maximum Gasteiger partial charge on any atom is 0.416 e. The van der Waals surface area contributed by atoms with Gasteiger partial charge < -0.3 is 0 Å². The molecule has 0 nitrogen and oxygen atoms in total. The molecular formula is C33H23F6Si. The van der Waals surface area contributed by atoms with Crippen molar-refractivity contribution in [1.82, 2.24) is 0 Å². The largest absolute Gasteiger partial charge is 0.416 e.